The van der Waals surface area contributed by atoms with Crippen molar-refractivity contribution >= 4 is 5.97 Å². The minimum Gasteiger partial charge on any atom is -0.427 e. The Morgan fingerprint density at radius 3 is 2.46 bits per heavy atom. The van der Waals surface area contributed by atoms with Crippen molar-refractivity contribution in [2.75, 3.05) is 0 Å². The first-order chi connectivity index (χ1) is 11.3. The molecule has 0 radical (unpaired) electrons. The van der Waals surface area contributed by atoms with Crippen molar-refractivity contribution in [2.24, 2.45) is 5.41 Å². The quantitative estimate of drug-likeness (QED) is 0.618. The van der Waals surface area contributed by atoms with Crippen molar-refractivity contribution in [2.45, 2.75) is 46.1 Å². The van der Waals surface area contributed by atoms with E-state index in [1.165, 1.54) is 5.56 Å². The van der Waals surface area contributed by atoms with E-state index in [9.17, 15) is 9.90 Å². The summed E-state index contributed by atoms with van der Waals surface area (Å²) in [6.45, 7) is 5.99. The zero-order valence-corrected chi connectivity index (χ0v) is 14.7. The van der Waals surface area contributed by atoms with E-state index in [4.69, 9.17) is 4.74 Å². The highest BCUT2D eigenvalue weighted by Gasteiger charge is 2.18. The predicted molar refractivity (Wildman–Crippen MR) is 95.9 cm³/mol. The van der Waals surface area contributed by atoms with Crippen LogP contribution in [-0.4, -0.2) is 11.1 Å². The highest BCUT2D eigenvalue weighted by atomic mass is 16.5. The van der Waals surface area contributed by atoms with Gasteiger partial charge >= 0.3 is 5.97 Å². The molecule has 0 spiro atoms. The maximum absolute atomic E-state index is 11.9. The van der Waals surface area contributed by atoms with Gasteiger partial charge in [-0.1, -0.05) is 63.2 Å². The van der Waals surface area contributed by atoms with E-state index in [1.54, 1.807) is 18.2 Å². The molecule has 3 heteroatoms. The molecule has 0 aliphatic heterocycles. The lowest BCUT2D eigenvalue weighted by Crippen LogP contribution is -2.17. The molecule has 2 rings (SSSR count). The van der Waals surface area contributed by atoms with Crippen molar-refractivity contribution < 1.29 is 14.6 Å². The van der Waals surface area contributed by atoms with Gasteiger partial charge in [0.05, 0.1) is 12.5 Å². The fraction of sp³-hybridized carbons (Fsp3) is 0.381. The smallest absolute Gasteiger partial charge is 0.311 e. The third-order valence-electron chi connectivity index (χ3n) is 3.70. The first-order valence-electron chi connectivity index (χ1n) is 8.36. The zero-order chi connectivity index (χ0) is 17.6. The van der Waals surface area contributed by atoms with Crippen LogP contribution in [0.4, 0.5) is 0 Å². The zero-order valence-electron chi connectivity index (χ0n) is 14.7. The van der Waals surface area contributed by atoms with Crippen molar-refractivity contribution in [3.8, 4) is 5.75 Å². The van der Waals surface area contributed by atoms with Gasteiger partial charge in [0.2, 0.25) is 0 Å². The Labute approximate surface area is 144 Å². The van der Waals surface area contributed by atoms with E-state index in [0.717, 1.165) is 12.0 Å². The number of carbonyl (C=O) groups is 1. The SMILES string of the molecule is CC(C)(C)CC(=O)Oc1cccc([C@H](O)CCc2ccccc2)c1. The summed E-state index contributed by atoms with van der Waals surface area (Å²) >= 11 is 0. The van der Waals surface area contributed by atoms with Crippen LogP contribution in [0.2, 0.25) is 0 Å². The normalized spacial score (nSPS) is 12.7. The number of esters is 1. The molecule has 128 valence electrons. The molecule has 1 N–H and O–H groups in total. The topological polar surface area (TPSA) is 46.5 Å². The molecule has 0 unspecified atom stereocenters. The largest absolute Gasteiger partial charge is 0.427 e. The third kappa shape index (κ3) is 6.17. The Balaban J connectivity index is 1.95. The molecule has 0 fully saturated rings. The van der Waals surface area contributed by atoms with Crippen molar-refractivity contribution in [1.82, 2.24) is 0 Å². The minimum atomic E-state index is -0.577. The molecule has 0 heterocycles. The summed E-state index contributed by atoms with van der Waals surface area (Å²) in [6, 6.07) is 17.2. The highest BCUT2D eigenvalue weighted by molar-refractivity contribution is 5.73. The Morgan fingerprint density at radius 2 is 1.79 bits per heavy atom. The Hall–Kier alpha value is -2.13. The second kappa shape index (κ2) is 8.11. The van der Waals surface area contributed by atoms with Crippen LogP contribution in [0.25, 0.3) is 0 Å². The van der Waals surface area contributed by atoms with E-state index in [-0.39, 0.29) is 11.4 Å². The minimum absolute atomic E-state index is 0.107. The molecule has 0 saturated carbocycles. The van der Waals surface area contributed by atoms with Crippen molar-refractivity contribution in [1.29, 1.82) is 0 Å². The highest BCUT2D eigenvalue weighted by Crippen LogP contribution is 2.25. The summed E-state index contributed by atoms with van der Waals surface area (Å²) in [6.07, 6.45) is 1.21. The first kappa shape index (κ1) is 18.2. The summed E-state index contributed by atoms with van der Waals surface area (Å²) in [5, 5.41) is 10.4. The number of benzene rings is 2. The van der Waals surface area contributed by atoms with Gasteiger partial charge in [-0.05, 0) is 41.5 Å². The van der Waals surface area contributed by atoms with Crippen LogP contribution in [0, 0.1) is 5.41 Å². The van der Waals surface area contributed by atoms with Gasteiger partial charge in [0.1, 0.15) is 5.75 Å². The third-order valence-corrected chi connectivity index (χ3v) is 3.70. The molecule has 2 aromatic carbocycles. The predicted octanol–water partition coefficient (Wildman–Crippen LogP) is 4.69. The fourth-order valence-electron chi connectivity index (χ4n) is 2.50. The van der Waals surface area contributed by atoms with Gasteiger partial charge in [-0.2, -0.15) is 0 Å². The van der Waals surface area contributed by atoms with E-state index < -0.39 is 6.10 Å². The molecular weight excluding hydrogens is 300 g/mol. The summed E-state index contributed by atoms with van der Waals surface area (Å²) in [4.78, 5) is 11.9. The number of rotatable bonds is 6. The molecule has 0 amide bonds. The Kier molecular flexibility index (Phi) is 6.16. The molecule has 1 atom stereocenters. The molecule has 0 aromatic heterocycles. The Bertz CT molecular complexity index is 656. The van der Waals surface area contributed by atoms with Gasteiger partial charge in [-0.25, -0.2) is 0 Å². The average molecular weight is 326 g/mol. The summed E-state index contributed by atoms with van der Waals surface area (Å²) in [5.41, 5.74) is 1.86. The average Bonchev–Trinajstić information content (AvgIpc) is 2.52. The number of aryl methyl sites for hydroxylation is 1. The lowest BCUT2D eigenvalue weighted by Gasteiger charge is -2.17. The van der Waals surface area contributed by atoms with E-state index in [2.05, 4.69) is 12.1 Å². The molecule has 0 saturated heterocycles. The van der Waals surface area contributed by atoms with Crippen LogP contribution in [0.3, 0.4) is 0 Å². The molecule has 0 aliphatic carbocycles. The fourth-order valence-corrected chi connectivity index (χ4v) is 2.50. The van der Waals surface area contributed by atoms with Gasteiger partial charge in [-0.15, -0.1) is 0 Å². The molecule has 24 heavy (non-hydrogen) atoms. The van der Waals surface area contributed by atoms with Crippen LogP contribution >= 0.6 is 0 Å². The summed E-state index contributed by atoms with van der Waals surface area (Å²) < 4.78 is 5.39. The van der Waals surface area contributed by atoms with Crippen LogP contribution in [0.15, 0.2) is 54.6 Å². The number of aliphatic hydroxyl groups excluding tert-OH is 1. The van der Waals surface area contributed by atoms with E-state index >= 15 is 0 Å². The molecule has 0 aliphatic rings. The van der Waals surface area contributed by atoms with E-state index in [1.807, 2.05) is 45.0 Å². The number of hydrogen-bond acceptors (Lipinski definition) is 3. The van der Waals surface area contributed by atoms with Crippen LogP contribution < -0.4 is 4.74 Å². The lowest BCUT2D eigenvalue weighted by atomic mass is 9.92. The number of ether oxygens (including phenoxy) is 1. The van der Waals surface area contributed by atoms with E-state index in [0.29, 0.717) is 18.6 Å². The lowest BCUT2D eigenvalue weighted by molar-refractivity contribution is -0.136. The number of aliphatic hydroxyl groups is 1. The van der Waals surface area contributed by atoms with Crippen LogP contribution in [0.5, 0.6) is 5.75 Å². The van der Waals surface area contributed by atoms with Crippen LogP contribution in [0.1, 0.15) is 50.8 Å². The summed E-state index contributed by atoms with van der Waals surface area (Å²) in [5.74, 6) is 0.235. The van der Waals surface area contributed by atoms with Gasteiger partial charge in [0.15, 0.2) is 0 Å². The van der Waals surface area contributed by atoms with Crippen LogP contribution in [-0.2, 0) is 11.2 Å². The molecule has 2 aromatic rings. The first-order valence-corrected chi connectivity index (χ1v) is 8.36. The maximum Gasteiger partial charge on any atom is 0.311 e. The second-order valence-electron chi connectivity index (χ2n) is 7.32. The molecule has 0 bridgehead atoms. The van der Waals surface area contributed by atoms with Crippen molar-refractivity contribution in [3.63, 3.8) is 0 Å². The Morgan fingerprint density at radius 1 is 1.08 bits per heavy atom. The number of hydrogen-bond donors (Lipinski definition) is 1. The number of carbonyl (C=O) groups excluding carboxylic acids is 1. The van der Waals surface area contributed by atoms with Gasteiger partial charge < -0.3 is 9.84 Å². The van der Waals surface area contributed by atoms with Gasteiger partial charge in [-0.3, -0.25) is 4.79 Å². The monoisotopic (exact) mass is 326 g/mol. The van der Waals surface area contributed by atoms with Crippen molar-refractivity contribution in [3.05, 3.63) is 65.7 Å². The second-order valence-corrected chi connectivity index (χ2v) is 7.32. The maximum atomic E-state index is 11.9. The standard InChI is InChI=1S/C21H26O3/c1-21(2,3)15-20(23)24-18-11-7-10-17(14-18)19(22)13-12-16-8-5-4-6-9-16/h4-11,14,19,22H,12-13,15H2,1-3H3/t19-/m1/s1. The van der Waals surface area contributed by atoms with Gasteiger partial charge in [0, 0.05) is 0 Å². The molecule has 3 nitrogen and oxygen atoms in total. The summed E-state index contributed by atoms with van der Waals surface area (Å²) in [7, 11) is 0. The molecular formula is C21H26O3. The van der Waals surface area contributed by atoms with Gasteiger partial charge in [0.25, 0.3) is 0 Å².